The Kier molecular flexibility index (Phi) is 5.05. The average molecular weight is 378 g/mol. The molecule has 3 aromatic rings. The maximum Gasteiger partial charge on any atom is 0.357 e. The molecule has 0 unspecified atom stereocenters. The molecule has 1 N–H and O–H groups in total. The van der Waals surface area contributed by atoms with Crippen LogP contribution in [0, 0.1) is 0 Å². The van der Waals surface area contributed by atoms with Gasteiger partial charge in [0.25, 0.3) is 5.91 Å². The van der Waals surface area contributed by atoms with Crippen molar-refractivity contribution in [2.75, 3.05) is 19.8 Å². The summed E-state index contributed by atoms with van der Waals surface area (Å²) in [4.78, 5) is 28.4. The molecule has 1 aliphatic heterocycles. The van der Waals surface area contributed by atoms with Gasteiger partial charge in [-0.05, 0) is 24.3 Å². The number of nitrogens with zero attached hydrogens (tertiary/aromatic N) is 1. The minimum absolute atomic E-state index is 0.159. The molecule has 0 radical (unpaired) electrons. The van der Waals surface area contributed by atoms with Crippen molar-refractivity contribution < 1.29 is 23.8 Å². The number of ether oxygens (including phenoxy) is 3. The molecule has 7 heteroatoms. The maximum absolute atomic E-state index is 12.1. The van der Waals surface area contributed by atoms with E-state index in [0.717, 1.165) is 5.39 Å². The van der Waals surface area contributed by atoms with E-state index in [4.69, 9.17) is 14.2 Å². The Morgan fingerprint density at radius 2 is 1.82 bits per heavy atom. The first kappa shape index (κ1) is 17.8. The van der Waals surface area contributed by atoms with Crippen molar-refractivity contribution in [2.45, 2.75) is 6.10 Å². The molecule has 1 aliphatic rings. The zero-order valence-electron chi connectivity index (χ0n) is 15.0. The van der Waals surface area contributed by atoms with Gasteiger partial charge in [-0.15, -0.1) is 0 Å². The summed E-state index contributed by atoms with van der Waals surface area (Å²) in [6.45, 7) is 0.189. The molecule has 0 fully saturated rings. The van der Waals surface area contributed by atoms with Crippen molar-refractivity contribution >= 4 is 22.8 Å². The predicted octanol–water partition coefficient (Wildman–Crippen LogP) is 2.35. The number of benzene rings is 2. The molecule has 1 amide bonds. The number of hydrogen-bond donors (Lipinski definition) is 1. The highest BCUT2D eigenvalue weighted by atomic mass is 16.6. The second kappa shape index (κ2) is 7.96. The molecule has 7 nitrogen and oxygen atoms in total. The Hall–Kier alpha value is -3.61. The van der Waals surface area contributed by atoms with Gasteiger partial charge in [0.05, 0.1) is 12.1 Å². The molecule has 2 heterocycles. The number of carbonyl (C=O) groups is 2. The van der Waals surface area contributed by atoms with Crippen molar-refractivity contribution in [3.05, 3.63) is 66.4 Å². The topological polar surface area (TPSA) is 86.8 Å². The fraction of sp³-hybridized carbons (Fsp3) is 0.190. The van der Waals surface area contributed by atoms with Gasteiger partial charge in [-0.1, -0.05) is 36.4 Å². The summed E-state index contributed by atoms with van der Waals surface area (Å²) in [6, 6.07) is 18.2. The minimum atomic E-state index is -0.646. The summed E-state index contributed by atoms with van der Waals surface area (Å²) in [7, 11) is 0. The Balaban J connectivity index is 1.25. The van der Waals surface area contributed by atoms with Gasteiger partial charge in [0, 0.05) is 5.39 Å². The highest BCUT2D eigenvalue weighted by Gasteiger charge is 2.21. The Labute approximate surface area is 161 Å². The summed E-state index contributed by atoms with van der Waals surface area (Å²) in [5, 5.41) is 3.60. The van der Waals surface area contributed by atoms with E-state index >= 15 is 0 Å². The highest BCUT2D eigenvalue weighted by molar-refractivity contribution is 5.92. The second-order valence-electron chi connectivity index (χ2n) is 6.27. The molecule has 0 aliphatic carbocycles. The SMILES string of the molecule is O=C(COC(=O)c1ccc2ccccc2n1)NC[C@@H]1COc2ccccc2O1. The Morgan fingerprint density at radius 1 is 1.04 bits per heavy atom. The van der Waals surface area contributed by atoms with Gasteiger partial charge in [-0.25, -0.2) is 9.78 Å². The quantitative estimate of drug-likeness (QED) is 0.686. The van der Waals surface area contributed by atoms with Crippen molar-refractivity contribution in [3.63, 3.8) is 0 Å². The molecule has 1 atom stereocenters. The van der Waals surface area contributed by atoms with Crippen molar-refractivity contribution in [1.29, 1.82) is 0 Å². The van der Waals surface area contributed by atoms with Crippen LogP contribution in [0.3, 0.4) is 0 Å². The van der Waals surface area contributed by atoms with Gasteiger partial charge in [0.2, 0.25) is 0 Å². The highest BCUT2D eigenvalue weighted by Crippen LogP contribution is 2.30. The predicted molar refractivity (Wildman–Crippen MR) is 101 cm³/mol. The maximum atomic E-state index is 12.1. The van der Waals surface area contributed by atoms with Gasteiger partial charge in [0.1, 0.15) is 18.4 Å². The van der Waals surface area contributed by atoms with Crippen molar-refractivity contribution in [2.24, 2.45) is 0 Å². The van der Waals surface area contributed by atoms with Crippen LogP contribution in [0.1, 0.15) is 10.5 Å². The Bertz CT molecular complexity index is 1020. The third kappa shape index (κ3) is 4.03. The van der Waals surface area contributed by atoms with Crippen molar-refractivity contribution in [1.82, 2.24) is 10.3 Å². The first-order chi connectivity index (χ1) is 13.7. The van der Waals surface area contributed by atoms with E-state index in [1.165, 1.54) is 0 Å². The van der Waals surface area contributed by atoms with Crippen LogP contribution in [0.25, 0.3) is 10.9 Å². The summed E-state index contributed by atoms with van der Waals surface area (Å²) in [5.74, 6) is 0.257. The van der Waals surface area contributed by atoms with Crippen molar-refractivity contribution in [3.8, 4) is 11.5 Å². The van der Waals surface area contributed by atoms with E-state index < -0.39 is 18.5 Å². The van der Waals surface area contributed by atoms with Crippen LogP contribution in [-0.2, 0) is 9.53 Å². The van der Waals surface area contributed by atoms with E-state index in [0.29, 0.717) is 23.6 Å². The summed E-state index contributed by atoms with van der Waals surface area (Å²) in [6.07, 6.45) is -0.309. The fourth-order valence-corrected chi connectivity index (χ4v) is 2.83. The lowest BCUT2D eigenvalue weighted by molar-refractivity contribution is -0.124. The lowest BCUT2D eigenvalue weighted by Crippen LogP contribution is -2.42. The zero-order valence-corrected chi connectivity index (χ0v) is 15.0. The van der Waals surface area contributed by atoms with Crippen LogP contribution in [0.2, 0.25) is 0 Å². The van der Waals surface area contributed by atoms with Gasteiger partial charge in [0.15, 0.2) is 18.1 Å². The van der Waals surface area contributed by atoms with Crippen LogP contribution in [-0.4, -0.2) is 42.7 Å². The largest absolute Gasteiger partial charge is 0.486 e. The zero-order chi connectivity index (χ0) is 19.3. The standard InChI is InChI=1S/C21H18N2O5/c24-20(22-11-15-12-26-18-7-3-4-8-19(18)28-15)13-27-21(25)17-10-9-14-5-1-2-6-16(14)23-17/h1-10,15H,11-13H2,(H,22,24)/t15-/m1/s1. The minimum Gasteiger partial charge on any atom is -0.486 e. The molecule has 1 aromatic heterocycles. The number of esters is 1. The van der Waals surface area contributed by atoms with E-state index in [9.17, 15) is 9.59 Å². The van der Waals surface area contributed by atoms with Crippen LogP contribution < -0.4 is 14.8 Å². The first-order valence-electron chi connectivity index (χ1n) is 8.87. The molecule has 0 saturated heterocycles. The molecule has 0 saturated carbocycles. The van der Waals surface area contributed by atoms with Crippen LogP contribution >= 0.6 is 0 Å². The summed E-state index contributed by atoms with van der Waals surface area (Å²) in [5.41, 5.74) is 0.850. The van der Waals surface area contributed by atoms with Gasteiger partial charge >= 0.3 is 5.97 Å². The van der Waals surface area contributed by atoms with Gasteiger partial charge in [-0.2, -0.15) is 0 Å². The first-order valence-corrected chi connectivity index (χ1v) is 8.87. The third-order valence-electron chi connectivity index (χ3n) is 4.24. The number of para-hydroxylation sites is 3. The lowest BCUT2D eigenvalue weighted by Gasteiger charge is -2.26. The summed E-state index contributed by atoms with van der Waals surface area (Å²) < 4.78 is 16.4. The lowest BCUT2D eigenvalue weighted by atomic mass is 10.2. The molecule has 0 spiro atoms. The molecule has 28 heavy (non-hydrogen) atoms. The molecule has 142 valence electrons. The van der Waals surface area contributed by atoms with E-state index in [1.54, 1.807) is 12.1 Å². The molecule has 2 aromatic carbocycles. The van der Waals surface area contributed by atoms with E-state index in [2.05, 4.69) is 10.3 Å². The van der Waals surface area contributed by atoms with Gasteiger partial charge < -0.3 is 19.5 Å². The number of aromatic nitrogens is 1. The monoisotopic (exact) mass is 378 g/mol. The smallest absolute Gasteiger partial charge is 0.357 e. The normalized spacial score (nSPS) is 15.1. The van der Waals surface area contributed by atoms with Crippen LogP contribution in [0.5, 0.6) is 11.5 Å². The molecule has 4 rings (SSSR count). The van der Waals surface area contributed by atoms with Crippen LogP contribution in [0.15, 0.2) is 60.7 Å². The number of hydrogen-bond acceptors (Lipinski definition) is 6. The van der Waals surface area contributed by atoms with E-state index in [-0.39, 0.29) is 18.3 Å². The van der Waals surface area contributed by atoms with Gasteiger partial charge in [-0.3, -0.25) is 4.79 Å². The molecular formula is C21H18N2O5. The number of amides is 1. The number of nitrogens with one attached hydrogen (secondary N) is 1. The number of pyridine rings is 1. The Morgan fingerprint density at radius 3 is 2.71 bits per heavy atom. The number of fused-ring (bicyclic) bond motifs is 2. The second-order valence-corrected chi connectivity index (χ2v) is 6.27. The third-order valence-corrected chi connectivity index (χ3v) is 4.24. The van der Waals surface area contributed by atoms with Crippen LogP contribution in [0.4, 0.5) is 0 Å². The molecular weight excluding hydrogens is 360 g/mol. The summed E-state index contributed by atoms with van der Waals surface area (Å²) >= 11 is 0. The van der Waals surface area contributed by atoms with E-state index in [1.807, 2.05) is 48.5 Å². The number of rotatable bonds is 5. The fourth-order valence-electron chi connectivity index (χ4n) is 2.83. The number of carbonyl (C=O) groups excluding carboxylic acids is 2. The molecule has 0 bridgehead atoms. The average Bonchev–Trinajstić information content (AvgIpc) is 2.75.